The molecule has 1 aliphatic rings. The minimum absolute atomic E-state index is 0.0581. The van der Waals surface area contributed by atoms with Crippen LogP contribution in [0.5, 0.6) is 0 Å². The number of primary sulfonamides is 1. The van der Waals surface area contributed by atoms with Crippen molar-refractivity contribution in [2.75, 3.05) is 0 Å². The molecule has 0 aliphatic heterocycles. The molecular formula is C13H20N2O3S2. The molecule has 0 atom stereocenters. The van der Waals surface area contributed by atoms with Gasteiger partial charge in [-0.2, -0.15) is 0 Å². The topological polar surface area (TPSA) is 89.3 Å². The molecule has 7 heteroatoms. The second-order valence-corrected chi connectivity index (χ2v) is 8.57. The summed E-state index contributed by atoms with van der Waals surface area (Å²) in [6, 6.07) is 3.10. The van der Waals surface area contributed by atoms with Gasteiger partial charge in [0, 0.05) is 10.4 Å². The van der Waals surface area contributed by atoms with Crippen LogP contribution in [0.4, 0.5) is 0 Å². The summed E-state index contributed by atoms with van der Waals surface area (Å²) in [5.74, 6) is -0.0581. The fourth-order valence-corrected chi connectivity index (χ4v) is 4.38. The molecule has 0 aromatic carbocycles. The summed E-state index contributed by atoms with van der Waals surface area (Å²) >= 11 is 1.06. The van der Waals surface area contributed by atoms with Crippen molar-refractivity contribution in [2.45, 2.75) is 55.2 Å². The Bertz CT molecular complexity index is 587. The average molecular weight is 316 g/mol. The first-order valence-corrected chi connectivity index (χ1v) is 9.07. The zero-order valence-corrected chi connectivity index (χ0v) is 13.1. The van der Waals surface area contributed by atoms with Gasteiger partial charge in [0.2, 0.25) is 15.9 Å². The number of thiophene rings is 1. The number of carbonyl (C=O) groups is 1. The minimum atomic E-state index is -3.67. The predicted molar refractivity (Wildman–Crippen MR) is 79.0 cm³/mol. The number of carbonyl (C=O) groups excluding carboxylic acids is 1. The zero-order chi connectivity index (χ0) is 14.8. The third-order valence-corrected chi connectivity index (χ3v) is 6.17. The normalized spacial score (nSPS) is 18.7. The van der Waals surface area contributed by atoms with Crippen molar-refractivity contribution in [1.29, 1.82) is 0 Å². The fourth-order valence-electron chi connectivity index (χ4n) is 2.60. The molecule has 1 aliphatic carbocycles. The molecule has 2 rings (SSSR count). The molecule has 1 heterocycles. The van der Waals surface area contributed by atoms with E-state index in [1.807, 2.05) is 0 Å². The molecule has 0 bridgehead atoms. The number of nitrogens with one attached hydrogen (secondary N) is 1. The van der Waals surface area contributed by atoms with E-state index in [4.69, 9.17) is 5.14 Å². The van der Waals surface area contributed by atoms with Gasteiger partial charge in [-0.25, -0.2) is 13.6 Å². The molecule has 0 unspecified atom stereocenters. The van der Waals surface area contributed by atoms with Crippen molar-refractivity contribution in [3.63, 3.8) is 0 Å². The van der Waals surface area contributed by atoms with Gasteiger partial charge in [-0.05, 0) is 31.9 Å². The van der Waals surface area contributed by atoms with Gasteiger partial charge >= 0.3 is 0 Å². The number of hydrogen-bond acceptors (Lipinski definition) is 4. The van der Waals surface area contributed by atoms with Crippen molar-refractivity contribution in [3.8, 4) is 0 Å². The van der Waals surface area contributed by atoms with E-state index >= 15 is 0 Å². The predicted octanol–water partition coefficient (Wildman–Crippen LogP) is 1.78. The van der Waals surface area contributed by atoms with Gasteiger partial charge < -0.3 is 5.32 Å². The molecule has 112 valence electrons. The second kappa shape index (κ2) is 5.83. The van der Waals surface area contributed by atoms with E-state index in [0.717, 1.165) is 37.0 Å². The highest BCUT2D eigenvalue weighted by atomic mass is 32.2. The van der Waals surface area contributed by atoms with E-state index in [0.29, 0.717) is 4.88 Å². The summed E-state index contributed by atoms with van der Waals surface area (Å²) in [5.41, 5.74) is -0.116. The van der Waals surface area contributed by atoms with Crippen molar-refractivity contribution in [2.24, 2.45) is 5.14 Å². The highest BCUT2D eigenvalue weighted by Crippen LogP contribution is 2.28. The van der Waals surface area contributed by atoms with Crippen molar-refractivity contribution in [1.82, 2.24) is 5.32 Å². The fraction of sp³-hybridized carbons (Fsp3) is 0.615. The minimum Gasteiger partial charge on any atom is -0.351 e. The summed E-state index contributed by atoms with van der Waals surface area (Å²) in [4.78, 5) is 12.8. The maximum absolute atomic E-state index is 12.1. The van der Waals surface area contributed by atoms with Crippen LogP contribution in [-0.2, 0) is 21.2 Å². The van der Waals surface area contributed by atoms with Crippen molar-refractivity contribution in [3.05, 3.63) is 17.0 Å². The van der Waals surface area contributed by atoms with E-state index in [2.05, 4.69) is 12.2 Å². The van der Waals surface area contributed by atoms with Crippen LogP contribution in [0.2, 0.25) is 0 Å². The van der Waals surface area contributed by atoms with E-state index in [9.17, 15) is 13.2 Å². The van der Waals surface area contributed by atoms with Crippen LogP contribution in [0.15, 0.2) is 16.3 Å². The smallest absolute Gasteiger partial charge is 0.247 e. The van der Waals surface area contributed by atoms with Gasteiger partial charge in [-0.15, -0.1) is 11.3 Å². The highest BCUT2D eigenvalue weighted by molar-refractivity contribution is 7.91. The highest BCUT2D eigenvalue weighted by Gasteiger charge is 2.28. The Kier molecular flexibility index (Phi) is 4.51. The second-order valence-electron chi connectivity index (χ2n) is 5.61. The molecular weight excluding hydrogens is 296 g/mol. The van der Waals surface area contributed by atoms with Gasteiger partial charge in [0.25, 0.3) is 0 Å². The molecule has 3 N–H and O–H groups in total. The number of nitrogens with two attached hydrogens (primary N) is 1. The standard InChI is InChI=1S/C13H20N2O3S2/c1-13(7-3-2-4-8-13)15-11(16)9-10-5-6-12(19-10)20(14,17)18/h5-6H,2-4,7-9H2,1H3,(H,15,16)(H2,14,17,18). The van der Waals surface area contributed by atoms with Crippen LogP contribution in [-0.4, -0.2) is 19.9 Å². The molecule has 1 aromatic heterocycles. The van der Waals surface area contributed by atoms with E-state index in [-0.39, 0.29) is 22.1 Å². The first-order valence-electron chi connectivity index (χ1n) is 6.71. The Balaban J connectivity index is 1.96. The monoisotopic (exact) mass is 316 g/mol. The lowest BCUT2D eigenvalue weighted by Gasteiger charge is -2.34. The number of rotatable bonds is 4. The molecule has 1 saturated carbocycles. The van der Waals surface area contributed by atoms with Gasteiger partial charge in [-0.3, -0.25) is 4.79 Å². The Morgan fingerprint density at radius 2 is 2.00 bits per heavy atom. The molecule has 0 saturated heterocycles. The van der Waals surface area contributed by atoms with Crippen LogP contribution in [0.1, 0.15) is 43.9 Å². The molecule has 5 nitrogen and oxygen atoms in total. The van der Waals surface area contributed by atoms with E-state index in [1.54, 1.807) is 6.07 Å². The summed E-state index contributed by atoms with van der Waals surface area (Å²) < 4.78 is 22.5. The SMILES string of the molecule is CC1(NC(=O)Cc2ccc(S(N)(=O)=O)s2)CCCCC1. The Labute approximate surface area is 123 Å². The first kappa shape index (κ1) is 15.5. The maximum Gasteiger partial charge on any atom is 0.247 e. The molecule has 1 fully saturated rings. The summed E-state index contributed by atoms with van der Waals surface area (Å²) in [5, 5.41) is 8.13. The lowest BCUT2D eigenvalue weighted by Crippen LogP contribution is -2.47. The largest absolute Gasteiger partial charge is 0.351 e. The van der Waals surface area contributed by atoms with Crippen LogP contribution in [0.25, 0.3) is 0 Å². The summed E-state index contributed by atoms with van der Waals surface area (Å²) in [6.07, 6.45) is 5.73. The van der Waals surface area contributed by atoms with Crippen LogP contribution in [0.3, 0.4) is 0 Å². The molecule has 1 amide bonds. The van der Waals surface area contributed by atoms with Gasteiger partial charge in [0.1, 0.15) is 4.21 Å². The quantitative estimate of drug-likeness (QED) is 0.887. The molecule has 0 spiro atoms. The third kappa shape index (κ3) is 4.04. The summed E-state index contributed by atoms with van der Waals surface area (Å²) in [7, 11) is -3.67. The van der Waals surface area contributed by atoms with Gasteiger partial charge in [-0.1, -0.05) is 19.3 Å². The van der Waals surface area contributed by atoms with Crippen LogP contribution in [0, 0.1) is 0 Å². The van der Waals surface area contributed by atoms with Gasteiger partial charge in [0.05, 0.1) is 6.42 Å². The van der Waals surface area contributed by atoms with Crippen molar-refractivity contribution >= 4 is 27.3 Å². The Morgan fingerprint density at radius 3 is 2.55 bits per heavy atom. The summed E-state index contributed by atoms with van der Waals surface area (Å²) in [6.45, 7) is 2.08. The number of sulfonamides is 1. The van der Waals surface area contributed by atoms with E-state index < -0.39 is 10.0 Å². The molecule has 0 radical (unpaired) electrons. The lowest BCUT2D eigenvalue weighted by atomic mass is 9.83. The van der Waals surface area contributed by atoms with E-state index in [1.165, 1.54) is 12.5 Å². The lowest BCUT2D eigenvalue weighted by molar-refractivity contribution is -0.122. The van der Waals surface area contributed by atoms with Gasteiger partial charge in [0.15, 0.2) is 0 Å². The average Bonchev–Trinajstić information content (AvgIpc) is 2.77. The third-order valence-electron chi connectivity index (χ3n) is 3.65. The number of hydrogen-bond donors (Lipinski definition) is 2. The Hall–Kier alpha value is -0.920. The Morgan fingerprint density at radius 1 is 1.35 bits per heavy atom. The zero-order valence-electron chi connectivity index (χ0n) is 11.5. The van der Waals surface area contributed by atoms with Crippen LogP contribution >= 0.6 is 11.3 Å². The van der Waals surface area contributed by atoms with Crippen molar-refractivity contribution < 1.29 is 13.2 Å². The van der Waals surface area contributed by atoms with Crippen LogP contribution < -0.4 is 10.5 Å². The molecule has 20 heavy (non-hydrogen) atoms. The maximum atomic E-state index is 12.1. The number of amides is 1. The first-order chi connectivity index (χ1) is 9.28. The molecule has 1 aromatic rings.